The third-order valence-corrected chi connectivity index (χ3v) is 4.49. The van der Waals surface area contributed by atoms with E-state index in [-0.39, 0.29) is 30.5 Å². The van der Waals surface area contributed by atoms with Crippen LogP contribution in [0.25, 0.3) is 0 Å². The molecule has 5 nitrogen and oxygen atoms in total. The Hall–Kier alpha value is -2.48. The highest BCUT2D eigenvalue weighted by Crippen LogP contribution is 2.27. The Labute approximate surface area is 164 Å². The number of carbonyl (C=O) groups is 2. The summed E-state index contributed by atoms with van der Waals surface area (Å²) >= 11 is 3.39. The van der Waals surface area contributed by atoms with Crippen LogP contribution < -0.4 is 15.4 Å². The van der Waals surface area contributed by atoms with Crippen LogP contribution >= 0.6 is 15.9 Å². The minimum Gasteiger partial charge on any atom is -0.496 e. The first-order valence-electron chi connectivity index (χ1n) is 8.18. The smallest absolute Gasteiger partial charge is 0.254 e. The summed E-state index contributed by atoms with van der Waals surface area (Å²) in [4.78, 5) is 23.9. The van der Waals surface area contributed by atoms with Crippen molar-refractivity contribution in [1.29, 1.82) is 0 Å². The number of amides is 2. The monoisotopic (exact) mass is 440 g/mol. The minimum atomic E-state index is -0.948. The van der Waals surface area contributed by atoms with Gasteiger partial charge in [0.15, 0.2) is 0 Å². The second kappa shape index (κ2) is 9.45. The molecule has 8 heteroatoms. The van der Waals surface area contributed by atoms with Crippen LogP contribution in [0.4, 0.5) is 8.78 Å². The summed E-state index contributed by atoms with van der Waals surface area (Å²) in [6, 6.07) is 7.93. The molecule has 0 saturated carbocycles. The summed E-state index contributed by atoms with van der Waals surface area (Å²) < 4.78 is 32.3. The van der Waals surface area contributed by atoms with Crippen molar-refractivity contribution in [1.82, 2.24) is 10.6 Å². The van der Waals surface area contributed by atoms with Gasteiger partial charge in [0.1, 0.15) is 17.4 Å². The number of nitrogens with one attached hydrogen (secondary N) is 2. The van der Waals surface area contributed by atoms with Gasteiger partial charge in [0.2, 0.25) is 5.91 Å². The number of carbonyl (C=O) groups excluding carboxylic acids is 2. The molecule has 1 unspecified atom stereocenters. The fourth-order valence-corrected chi connectivity index (χ4v) is 2.97. The topological polar surface area (TPSA) is 67.4 Å². The SMILES string of the molecule is COc1ccc(C(C)NC(=O)CCNC(=O)c2ccc(F)cc2F)cc1Br. The van der Waals surface area contributed by atoms with Crippen molar-refractivity contribution in [2.45, 2.75) is 19.4 Å². The lowest BCUT2D eigenvalue weighted by Gasteiger charge is -2.16. The average molecular weight is 441 g/mol. The van der Waals surface area contributed by atoms with E-state index < -0.39 is 17.5 Å². The number of ether oxygens (including phenoxy) is 1. The van der Waals surface area contributed by atoms with E-state index in [1.54, 1.807) is 13.2 Å². The standard InChI is InChI=1S/C19H19BrF2N2O3/c1-11(12-3-6-17(27-2)15(20)9-12)24-18(25)7-8-23-19(26)14-5-4-13(21)10-16(14)22/h3-6,9-11H,7-8H2,1-2H3,(H,23,26)(H,24,25). The lowest BCUT2D eigenvalue weighted by Crippen LogP contribution is -2.32. The van der Waals surface area contributed by atoms with Crippen molar-refractivity contribution in [2.24, 2.45) is 0 Å². The van der Waals surface area contributed by atoms with Crippen LogP contribution in [0.5, 0.6) is 5.75 Å². The number of hydrogen-bond donors (Lipinski definition) is 2. The van der Waals surface area contributed by atoms with E-state index in [1.165, 1.54) is 0 Å². The molecule has 2 N–H and O–H groups in total. The number of halogens is 3. The molecule has 0 saturated heterocycles. The van der Waals surface area contributed by atoms with E-state index >= 15 is 0 Å². The molecule has 0 aliphatic carbocycles. The zero-order chi connectivity index (χ0) is 20.0. The van der Waals surface area contributed by atoms with E-state index in [9.17, 15) is 18.4 Å². The van der Waals surface area contributed by atoms with Crippen LogP contribution in [-0.2, 0) is 4.79 Å². The Morgan fingerprint density at radius 1 is 1.19 bits per heavy atom. The Morgan fingerprint density at radius 3 is 2.56 bits per heavy atom. The van der Waals surface area contributed by atoms with Gasteiger partial charge in [-0.3, -0.25) is 9.59 Å². The molecule has 2 amide bonds. The zero-order valence-electron chi connectivity index (χ0n) is 14.8. The highest BCUT2D eigenvalue weighted by molar-refractivity contribution is 9.10. The summed E-state index contributed by atoms with van der Waals surface area (Å²) in [5.74, 6) is -1.99. The molecule has 27 heavy (non-hydrogen) atoms. The zero-order valence-corrected chi connectivity index (χ0v) is 16.4. The number of hydrogen-bond acceptors (Lipinski definition) is 3. The molecule has 0 fully saturated rings. The van der Waals surface area contributed by atoms with Crippen LogP contribution in [0, 0.1) is 11.6 Å². The molecular formula is C19H19BrF2N2O3. The summed E-state index contributed by atoms with van der Waals surface area (Å²) in [6.45, 7) is 1.86. The van der Waals surface area contributed by atoms with Gasteiger partial charge in [-0.1, -0.05) is 6.07 Å². The Bertz CT molecular complexity index is 846. The van der Waals surface area contributed by atoms with Crippen molar-refractivity contribution < 1.29 is 23.1 Å². The Balaban J connectivity index is 1.83. The predicted octanol–water partition coefficient (Wildman–Crippen LogP) is 3.73. The molecule has 0 heterocycles. The summed E-state index contributed by atoms with van der Waals surface area (Å²) in [5, 5.41) is 5.26. The van der Waals surface area contributed by atoms with Crippen LogP contribution in [-0.4, -0.2) is 25.5 Å². The largest absolute Gasteiger partial charge is 0.496 e. The summed E-state index contributed by atoms with van der Waals surface area (Å²) in [6.07, 6.45) is 0.0240. The molecule has 2 rings (SSSR count). The second-order valence-electron chi connectivity index (χ2n) is 5.81. The van der Waals surface area contributed by atoms with Crippen LogP contribution in [0.3, 0.4) is 0 Å². The highest BCUT2D eigenvalue weighted by atomic mass is 79.9. The number of rotatable bonds is 7. The first kappa shape index (κ1) is 20.8. The summed E-state index contributed by atoms with van der Waals surface area (Å²) in [7, 11) is 1.57. The molecule has 0 aliphatic rings. The third kappa shape index (κ3) is 5.75. The lowest BCUT2D eigenvalue weighted by atomic mass is 10.1. The van der Waals surface area contributed by atoms with Crippen LogP contribution in [0.15, 0.2) is 40.9 Å². The van der Waals surface area contributed by atoms with E-state index in [0.717, 1.165) is 22.2 Å². The lowest BCUT2D eigenvalue weighted by molar-refractivity contribution is -0.121. The molecule has 0 aliphatic heterocycles. The summed E-state index contributed by atoms with van der Waals surface area (Å²) in [5.41, 5.74) is 0.613. The molecule has 0 spiro atoms. The first-order chi connectivity index (χ1) is 12.8. The van der Waals surface area contributed by atoms with Crippen molar-refractivity contribution in [2.75, 3.05) is 13.7 Å². The van der Waals surface area contributed by atoms with E-state index in [1.807, 2.05) is 19.1 Å². The second-order valence-corrected chi connectivity index (χ2v) is 6.67. The van der Waals surface area contributed by atoms with E-state index in [2.05, 4.69) is 26.6 Å². The van der Waals surface area contributed by atoms with Crippen molar-refractivity contribution in [3.63, 3.8) is 0 Å². The van der Waals surface area contributed by atoms with Gasteiger partial charge in [0.25, 0.3) is 5.91 Å². The van der Waals surface area contributed by atoms with Crippen LogP contribution in [0.1, 0.15) is 35.3 Å². The quantitative estimate of drug-likeness (QED) is 0.688. The van der Waals surface area contributed by atoms with Gasteiger partial charge in [0, 0.05) is 19.0 Å². The van der Waals surface area contributed by atoms with E-state index in [4.69, 9.17) is 4.74 Å². The van der Waals surface area contributed by atoms with Crippen LogP contribution in [0.2, 0.25) is 0 Å². The molecule has 144 valence electrons. The first-order valence-corrected chi connectivity index (χ1v) is 8.97. The van der Waals surface area contributed by atoms with Gasteiger partial charge < -0.3 is 15.4 Å². The van der Waals surface area contributed by atoms with Crippen molar-refractivity contribution >= 4 is 27.7 Å². The molecule has 2 aromatic carbocycles. The van der Waals surface area contributed by atoms with Gasteiger partial charge in [-0.2, -0.15) is 0 Å². The molecular weight excluding hydrogens is 422 g/mol. The number of methoxy groups -OCH3 is 1. The van der Waals surface area contributed by atoms with Crippen molar-refractivity contribution in [3.8, 4) is 5.75 Å². The molecule has 0 bridgehead atoms. The van der Waals surface area contributed by atoms with Gasteiger partial charge in [-0.05, 0) is 52.7 Å². The minimum absolute atomic E-state index is 0.0240. The fourth-order valence-electron chi connectivity index (χ4n) is 2.41. The Kier molecular flexibility index (Phi) is 7.29. The van der Waals surface area contributed by atoms with Gasteiger partial charge >= 0.3 is 0 Å². The van der Waals surface area contributed by atoms with E-state index in [0.29, 0.717) is 11.8 Å². The predicted molar refractivity (Wildman–Crippen MR) is 101 cm³/mol. The number of benzene rings is 2. The maximum Gasteiger partial charge on any atom is 0.254 e. The van der Waals surface area contributed by atoms with Gasteiger partial charge in [0.05, 0.1) is 23.2 Å². The van der Waals surface area contributed by atoms with Gasteiger partial charge in [-0.15, -0.1) is 0 Å². The molecule has 1 atom stereocenters. The van der Waals surface area contributed by atoms with Crippen molar-refractivity contribution in [3.05, 3.63) is 63.6 Å². The molecule has 0 radical (unpaired) electrons. The molecule has 0 aromatic heterocycles. The maximum absolute atomic E-state index is 13.5. The normalized spacial score (nSPS) is 11.6. The average Bonchev–Trinajstić information content (AvgIpc) is 2.61. The third-order valence-electron chi connectivity index (χ3n) is 3.87. The highest BCUT2D eigenvalue weighted by Gasteiger charge is 2.14. The Morgan fingerprint density at radius 2 is 1.93 bits per heavy atom. The molecule has 2 aromatic rings. The fraction of sp³-hybridized carbons (Fsp3) is 0.263. The van der Waals surface area contributed by atoms with Gasteiger partial charge in [-0.25, -0.2) is 8.78 Å². The maximum atomic E-state index is 13.5.